The maximum absolute atomic E-state index is 10.4. The van der Waals surface area contributed by atoms with E-state index in [0.29, 0.717) is 6.42 Å². The number of benzene rings is 1. The molecule has 1 unspecified atom stereocenters. The third-order valence-electron chi connectivity index (χ3n) is 3.24. The minimum absolute atomic E-state index is 0.500. The van der Waals surface area contributed by atoms with Gasteiger partial charge in [0.25, 0.3) is 0 Å². The molecule has 4 heteroatoms. The first-order valence-electron chi connectivity index (χ1n) is 5.91. The van der Waals surface area contributed by atoms with E-state index in [1.807, 2.05) is 49.8 Å². The van der Waals surface area contributed by atoms with Gasteiger partial charge in [0.1, 0.15) is 0 Å². The first-order chi connectivity index (χ1) is 8.49. The summed E-state index contributed by atoms with van der Waals surface area (Å²) in [5.41, 5.74) is 3.99. The molecule has 0 aliphatic rings. The van der Waals surface area contributed by atoms with E-state index in [0.717, 1.165) is 27.0 Å². The van der Waals surface area contributed by atoms with Crippen molar-refractivity contribution in [1.82, 2.24) is 9.78 Å². The van der Waals surface area contributed by atoms with Crippen LogP contribution in [0.4, 0.5) is 0 Å². The van der Waals surface area contributed by atoms with E-state index >= 15 is 0 Å². The van der Waals surface area contributed by atoms with Gasteiger partial charge >= 0.3 is 0 Å². The molecular formula is C14H17BrN2O. The molecule has 2 aromatic rings. The average molecular weight is 309 g/mol. The number of rotatable bonds is 3. The van der Waals surface area contributed by atoms with E-state index in [4.69, 9.17) is 0 Å². The molecule has 2 rings (SSSR count). The summed E-state index contributed by atoms with van der Waals surface area (Å²) in [7, 11) is 1.90. The lowest BCUT2D eigenvalue weighted by atomic mass is 10.00. The van der Waals surface area contributed by atoms with E-state index in [1.54, 1.807) is 0 Å². The molecule has 0 aliphatic carbocycles. The molecule has 1 N–H and O–H groups in total. The van der Waals surface area contributed by atoms with Crippen LogP contribution in [0.1, 0.15) is 28.6 Å². The Kier molecular flexibility index (Phi) is 3.88. The number of aliphatic hydroxyl groups excluding tert-OH is 1. The minimum atomic E-state index is -0.500. The van der Waals surface area contributed by atoms with Gasteiger partial charge in [0, 0.05) is 29.2 Å². The summed E-state index contributed by atoms with van der Waals surface area (Å²) in [6.45, 7) is 3.92. The summed E-state index contributed by atoms with van der Waals surface area (Å²) in [6.07, 6.45) is 0.112. The summed E-state index contributed by atoms with van der Waals surface area (Å²) in [5, 5.41) is 14.7. The van der Waals surface area contributed by atoms with Crippen LogP contribution in [0.2, 0.25) is 0 Å². The van der Waals surface area contributed by atoms with E-state index < -0.39 is 6.10 Å². The molecule has 18 heavy (non-hydrogen) atoms. The molecule has 0 bridgehead atoms. The maximum atomic E-state index is 10.4. The molecule has 0 amide bonds. The lowest BCUT2D eigenvalue weighted by molar-refractivity contribution is 0.177. The highest BCUT2D eigenvalue weighted by atomic mass is 79.9. The smallest absolute Gasteiger partial charge is 0.0866 e. The SMILES string of the molecule is Cc1nn(C)c(C)c1C(O)Cc1ccc(Br)cc1. The number of hydrogen-bond acceptors (Lipinski definition) is 2. The molecule has 0 spiro atoms. The molecule has 1 heterocycles. The predicted molar refractivity (Wildman–Crippen MR) is 75.5 cm³/mol. The number of hydrogen-bond donors (Lipinski definition) is 1. The van der Waals surface area contributed by atoms with E-state index in [1.165, 1.54) is 0 Å². The van der Waals surface area contributed by atoms with Crippen LogP contribution in [-0.4, -0.2) is 14.9 Å². The maximum Gasteiger partial charge on any atom is 0.0866 e. The van der Waals surface area contributed by atoms with Crippen LogP contribution < -0.4 is 0 Å². The zero-order valence-corrected chi connectivity index (χ0v) is 12.4. The molecule has 0 fully saturated rings. The highest BCUT2D eigenvalue weighted by Gasteiger charge is 2.18. The molecular weight excluding hydrogens is 292 g/mol. The van der Waals surface area contributed by atoms with Crippen molar-refractivity contribution in [1.29, 1.82) is 0 Å². The second kappa shape index (κ2) is 5.24. The monoisotopic (exact) mass is 308 g/mol. The van der Waals surface area contributed by atoms with E-state index in [2.05, 4.69) is 21.0 Å². The van der Waals surface area contributed by atoms with Gasteiger partial charge in [-0.05, 0) is 31.5 Å². The van der Waals surface area contributed by atoms with Crippen molar-refractivity contribution in [3.8, 4) is 0 Å². The highest BCUT2D eigenvalue weighted by molar-refractivity contribution is 9.10. The Balaban J connectivity index is 2.21. The lowest BCUT2D eigenvalue weighted by Crippen LogP contribution is -2.04. The van der Waals surface area contributed by atoms with Crippen molar-refractivity contribution in [2.24, 2.45) is 7.05 Å². The van der Waals surface area contributed by atoms with Crippen molar-refractivity contribution in [2.75, 3.05) is 0 Å². The zero-order chi connectivity index (χ0) is 13.3. The Bertz CT molecular complexity index is 546. The van der Waals surface area contributed by atoms with Gasteiger partial charge in [0.05, 0.1) is 11.8 Å². The summed E-state index contributed by atoms with van der Waals surface area (Å²) >= 11 is 3.41. The van der Waals surface area contributed by atoms with Gasteiger partial charge in [0.2, 0.25) is 0 Å². The third kappa shape index (κ3) is 2.65. The molecule has 0 saturated heterocycles. The fourth-order valence-electron chi connectivity index (χ4n) is 2.22. The number of aliphatic hydroxyl groups is 1. The highest BCUT2D eigenvalue weighted by Crippen LogP contribution is 2.24. The van der Waals surface area contributed by atoms with Crippen LogP contribution in [0.25, 0.3) is 0 Å². The summed E-state index contributed by atoms with van der Waals surface area (Å²) in [4.78, 5) is 0. The Morgan fingerprint density at radius 3 is 2.39 bits per heavy atom. The molecule has 96 valence electrons. The fourth-order valence-corrected chi connectivity index (χ4v) is 2.48. The molecule has 3 nitrogen and oxygen atoms in total. The van der Waals surface area contributed by atoms with Crippen LogP contribution in [0.5, 0.6) is 0 Å². The number of nitrogens with zero attached hydrogens (tertiary/aromatic N) is 2. The largest absolute Gasteiger partial charge is 0.388 e. The molecule has 0 radical (unpaired) electrons. The first-order valence-corrected chi connectivity index (χ1v) is 6.71. The Morgan fingerprint density at radius 1 is 1.28 bits per heavy atom. The van der Waals surface area contributed by atoms with Crippen molar-refractivity contribution in [3.05, 3.63) is 51.3 Å². The molecule has 1 atom stereocenters. The van der Waals surface area contributed by atoms with Gasteiger partial charge in [-0.3, -0.25) is 4.68 Å². The van der Waals surface area contributed by atoms with Crippen molar-refractivity contribution in [3.63, 3.8) is 0 Å². The van der Waals surface area contributed by atoms with Crippen LogP contribution in [-0.2, 0) is 13.5 Å². The second-order valence-corrected chi connectivity index (χ2v) is 5.47. The van der Waals surface area contributed by atoms with Crippen LogP contribution in [0.15, 0.2) is 28.7 Å². The lowest BCUT2D eigenvalue weighted by Gasteiger charge is -2.11. The van der Waals surface area contributed by atoms with Gasteiger partial charge in [-0.15, -0.1) is 0 Å². The quantitative estimate of drug-likeness (QED) is 0.946. The van der Waals surface area contributed by atoms with E-state index in [-0.39, 0.29) is 0 Å². The second-order valence-electron chi connectivity index (χ2n) is 4.55. The van der Waals surface area contributed by atoms with Crippen molar-refractivity contribution in [2.45, 2.75) is 26.4 Å². The topological polar surface area (TPSA) is 38.0 Å². The van der Waals surface area contributed by atoms with Crippen LogP contribution >= 0.6 is 15.9 Å². The summed E-state index contributed by atoms with van der Waals surface area (Å²) < 4.78 is 2.87. The predicted octanol–water partition coefficient (Wildman–Crippen LogP) is 3.08. The summed E-state index contributed by atoms with van der Waals surface area (Å²) in [6, 6.07) is 8.03. The minimum Gasteiger partial charge on any atom is -0.388 e. The normalized spacial score (nSPS) is 12.7. The van der Waals surface area contributed by atoms with E-state index in [9.17, 15) is 5.11 Å². The van der Waals surface area contributed by atoms with Gasteiger partial charge in [-0.25, -0.2) is 0 Å². The Labute approximate surface area is 116 Å². The van der Waals surface area contributed by atoms with Crippen LogP contribution in [0.3, 0.4) is 0 Å². The van der Waals surface area contributed by atoms with Gasteiger partial charge in [0.15, 0.2) is 0 Å². The number of aryl methyl sites for hydroxylation is 2. The summed E-state index contributed by atoms with van der Waals surface area (Å²) in [5.74, 6) is 0. The molecule has 1 aromatic carbocycles. The number of aromatic nitrogens is 2. The van der Waals surface area contributed by atoms with Gasteiger partial charge in [-0.1, -0.05) is 28.1 Å². The zero-order valence-electron chi connectivity index (χ0n) is 10.8. The fraction of sp³-hybridized carbons (Fsp3) is 0.357. The Hall–Kier alpha value is -1.13. The van der Waals surface area contributed by atoms with Gasteiger partial charge < -0.3 is 5.11 Å². The van der Waals surface area contributed by atoms with Crippen molar-refractivity contribution >= 4 is 15.9 Å². The first kappa shape index (κ1) is 13.3. The molecule has 0 aliphatic heterocycles. The standard InChI is InChI=1S/C14H17BrN2O/c1-9-14(10(2)17(3)16-9)13(18)8-11-4-6-12(15)7-5-11/h4-7,13,18H,8H2,1-3H3. The van der Waals surface area contributed by atoms with Crippen LogP contribution in [0, 0.1) is 13.8 Å². The average Bonchev–Trinajstić information content (AvgIpc) is 2.56. The van der Waals surface area contributed by atoms with Gasteiger partial charge in [-0.2, -0.15) is 5.10 Å². The Morgan fingerprint density at radius 2 is 1.89 bits per heavy atom. The molecule has 0 saturated carbocycles. The van der Waals surface area contributed by atoms with Crippen molar-refractivity contribution < 1.29 is 5.11 Å². The number of halogens is 1. The molecule has 1 aromatic heterocycles. The third-order valence-corrected chi connectivity index (χ3v) is 3.77.